The fourth-order valence-corrected chi connectivity index (χ4v) is 3.19. The maximum atomic E-state index is 6.38. The zero-order valence-electron chi connectivity index (χ0n) is 22.5. The lowest BCUT2D eigenvalue weighted by Crippen LogP contribution is -2.43. The van der Waals surface area contributed by atoms with E-state index < -0.39 is 0 Å². The van der Waals surface area contributed by atoms with Gasteiger partial charge in [-0.25, -0.2) is 0 Å². The van der Waals surface area contributed by atoms with Gasteiger partial charge in [0.2, 0.25) is 0 Å². The first-order chi connectivity index (χ1) is 14.2. The zero-order valence-corrected chi connectivity index (χ0v) is 22.5. The van der Waals surface area contributed by atoms with E-state index in [1.165, 1.54) is 0 Å². The number of hydrogen-bond acceptors (Lipinski definition) is 6. The van der Waals surface area contributed by atoms with Crippen LogP contribution in [0.5, 0.6) is 0 Å². The standard InChI is InChI=1S/C25H53NO5/c1-22(2,27-10)13-17-30-24(5,6)19-21(20-29-16-12-15-26-9)25(7,8)31-18-14-23(3,4)28-11/h21,26H,12-20H2,1-11H3. The number of nitrogens with one attached hydrogen (secondary N) is 1. The van der Waals surface area contributed by atoms with Crippen LogP contribution >= 0.6 is 0 Å². The molecule has 31 heavy (non-hydrogen) atoms. The van der Waals surface area contributed by atoms with Crippen LogP contribution in [0.2, 0.25) is 0 Å². The molecule has 0 aliphatic carbocycles. The highest BCUT2D eigenvalue weighted by molar-refractivity contribution is 4.86. The number of ether oxygens (including phenoxy) is 5. The summed E-state index contributed by atoms with van der Waals surface area (Å²) in [6.07, 6.45) is 3.55. The molecule has 0 aliphatic rings. The minimum absolute atomic E-state index is 0.178. The predicted octanol–water partition coefficient (Wildman–Crippen LogP) is 4.84. The van der Waals surface area contributed by atoms with Crippen molar-refractivity contribution in [1.82, 2.24) is 5.32 Å². The van der Waals surface area contributed by atoms with E-state index in [0.29, 0.717) is 19.8 Å². The third-order valence-corrected chi connectivity index (χ3v) is 6.24. The summed E-state index contributed by atoms with van der Waals surface area (Å²) in [5.41, 5.74) is -0.983. The van der Waals surface area contributed by atoms with Gasteiger partial charge in [-0.05, 0) is 94.7 Å². The van der Waals surface area contributed by atoms with E-state index in [9.17, 15) is 0 Å². The molecule has 0 fully saturated rings. The van der Waals surface area contributed by atoms with E-state index in [0.717, 1.165) is 38.8 Å². The van der Waals surface area contributed by atoms with Crippen LogP contribution in [0.25, 0.3) is 0 Å². The van der Waals surface area contributed by atoms with Gasteiger partial charge in [0.1, 0.15) is 0 Å². The second kappa shape index (κ2) is 14.1. The lowest BCUT2D eigenvalue weighted by Gasteiger charge is -2.40. The molecule has 0 radical (unpaired) electrons. The van der Waals surface area contributed by atoms with Crippen molar-refractivity contribution in [3.05, 3.63) is 0 Å². The number of methoxy groups -OCH3 is 2. The molecule has 6 heteroatoms. The average molecular weight is 448 g/mol. The van der Waals surface area contributed by atoms with E-state index in [-0.39, 0.29) is 28.3 Å². The Balaban J connectivity index is 4.99. The Bertz CT molecular complexity index is 463. The molecule has 1 N–H and O–H groups in total. The molecule has 0 saturated carbocycles. The molecule has 0 bridgehead atoms. The summed E-state index contributed by atoms with van der Waals surface area (Å²) in [5.74, 6) is 0.207. The molecule has 0 aromatic carbocycles. The van der Waals surface area contributed by atoms with Gasteiger partial charge in [-0.2, -0.15) is 0 Å². The molecule has 1 atom stereocenters. The molecular formula is C25H53NO5. The maximum Gasteiger partial charge on any atom is 0.0677 e. The molecular weight excluding hydrogens is 394 g/mol. The van der Waals surface area contributed by atoms with Gasteiger partial charge in [0.05, 0.1) is 42.2 Å². The van der Waals surface area contributed by atoms with Gasteiger partial charge < -0.3 is 29.0 Å². The van der Waals surface area contributed by atoms with Crippen LogP contribution in [0.1, 0.15) is 81.1 Å². The van der Waals surface area contributed by atoms with Crippen molar-refractivity contribution in [2.24, 2.45) is 5.92 Å². The maximum absolute atomic E-state index is 6.38. The van der Waals surface area contributed by atoms with Crippen molar-refractivity contribution in [1.29, 1.82) is 0 Å². The normalized spacial score (nSPS) is 14.8. The second-order valence-electron chi connectivity index (χ2n) is 10.9. The number of rotatable bonds is 19. The van der Waals surface area contributed by atoms with Gasteiger partial charge in [0.15, 0.2) is 0 Å². The Morgan fingerprint density at radius 1 is 0.710 bits per heavy atom. The van der Waals surface area contributed by atoms with Gasteiger partial charge in [-0.1, -0.05) is 0 Å². The quantitative estimate of drug-likeness (QED) is 0.286. The highest BCUT2D eigenvalue weighted by Crippen LogP contribution is 2.32. The van der Waals surface area contributed by atoms with Crippen molar-refractivity contribution in [2.45, 2.75) is 103 Å². The van der Waals surface area contributed by atoms with E-state index in [2.05, 4.69) is 60.7 Å². The summed E-state index contributed by atoms with van der Waals surface area (Å²) in [6, 6.07) is 0. The second-order valence-corrected chi connectivity index (χ2v) is 10.9. The Hall–Kier alpha value is -0.240. The minimum Gasteiger partial charge on any atom is -0.381 e. The fraction of sp³-hybridized carbons (Fsp3) is 1.00. The Morgan fingerprint density at radius 2 is 1.23 bits per heavy atom. The van der Waals surface area contributed by atoms with Crippen molar-refractivity contribution in [3.63, 3.8) is 0 Å². The molecule has 0 aromatic rings. The monoisotopic (exact) mass is 447 g/mol. The van der Waals surface area contributed by atoms with Crippen LogP contribution in [0, 0.1) is 5.92 Å². The van der Waals surface area contributed by atoms with Crippen molar-refractivity contribution in [3.8, 4) is 0 Å². The predicted molar refractivity (Wildman–Crippen MR) is 129 cm³/mol. The number of hydrogen-bond donors (Lipinski definition) is 1. The highest BCUT2D eigenvalue weighted by atomic mass is 16.5. The Morgan fingerprint density at radius 3 is 1.71 bits per heavy atom. The van der Waals surface area contributed by atoms with Crippen LogP contribution < -0.4 is 5.32 Å². The van der Waals surface area contributed by atoms with Crippen LogP contribution in [-0.2, 0) is 23.7 Å². The van der Waals surface area contributed by atoms with E-state index in [4.69, 9.17) is 23.7 Å². The van der Waals surface area contributed by atoms with Crippen molar-refractivity contribution < 1.29 is 23.7 Å². The summed E-state index contributed by atoms with van der Waals surface area (Å²) in [6.45, 7) is 20.7. The van der Waals surface area contributed by atoms with Crippen LogP contribution in [0.4, 0.5) is 0 Å². The third-order valence-electron chi connectivity index (χ3n) is 6.24. The van der Waals surface area contributed by atoms with E-state index in [1.807, 2.05) is 7.05 Å². The van der Waals surface area contributed by atoms with E-state index in [1.54, 1.807) is 14.2 Å². The van der Waals surface area contributed by atoms with Gasteiger partial charge in [-0.15, -0.1) is 0 Å². The SMILES string of the molecule is CNCCCOCC(CC(C)(C)OCCC(C)(C)OC)C(C)(C)OCCC(C)(C)OC. The van der Waals surface area contributed by atoms with Crippen molar-refractivity contribution in [2.75, 3.05) is 54.2 Å². The van der Waals surface area contributed by atoms with Gasteiger partial charge >= 0.3 is 0 Å². The molecule has 0 spiro atoms. The minimum atomic E-state index is -0.334. The van der Waals surface area contributed by atoms with Crippen LogP contribution in [0.3, 0.4) is 0 Å². The molecule has 188 valence electrons. The molecule has 0 aliphatic heterocycles. The molecule has 0 heterocycles. The lowest BCUT2D eigenvalue weighted by atomic mass is 9.82. The fourth-order valence-electron chi connectivity index (χ4n) is 3.19. The molecule has 0 aromatic heterocycles. The first-order valence-corrected chi connectivity index (χ1v) is 11.8. The molecule has 6 nitrogen and oxygen atoms in total. The Labute approximate surface area is 193 Å². The molecule has 0 saturated heterocycles. The molecule has 0 amide bonds. The smallest absolute Gasteiger partial charge is 0.0677 e. The van der Waals surface area contributed by atoms with Crippen molar-refractivity contribution >= 4 is 0 Å². The van der Waals surface area contributed by atoms with E-state index >= 15 is 0 Å². The Kier molecular flexibility index (Phi) is 14.0. The highest BCUT2D eigenvalue weighted by Gasteiger charge is 2.36. The third kappa shape index (κ3) is 14.5. The van der Waals surface area contributed by atoms with Gasteiger partial charge in [-0.3, -0.25) is 0 Å². The zero-order chi connectivity index (χ0) is 24.2. The first-order valence-electron chi connectivity index (χ1n) is 11.8. The average Bonchev–Trinajstić information content (AvgIpc) is 2.66. The summed E-state index contributed by atoms with van der Waals surface area (Å²) in [7, 11) is 5.46. The summed E-state index contributed by atoms with van der Waals surface area (Å²) >= 11 is 0. The largest absolute Gasteiger partial charge is 0.381 e. The lowest BCUT2D eigenvalue weighted by molar-refractivity contribution is -0.130. The molecule has 0 rings (SSSR count). The first kappa shape index (κ1) is 30.8. The van der Waals surface area contributed by atoms with Gasteiger partial charge in [0, 0.05) is 26.7 Å². The van der Waals surface area contributed by atoms with Crippen LogP contribution in [-0.4, -0.2) is 76.6 Å². The topological polar surface area (TPSA) is 58.2 Å². The van der Waals surface area contributed by atoms with Crippen LogP contribution in [0.15, 0.2) is 0 Å². The molecule has 1 unspecified atom stereocenters. The summed E-state index contributed by atoms with van der Waals surface area (Å²) in [4.78, 5) is 0. The summed E-state index contributed by atoms with van der Waals surface area (Å²) in [5, 5.41) is 3.17. The van der Waals surface area contributed by atoms with Gasteiger partial charge in [0.25, 0.3) is 0 Å². The summed E-state index contributed by atoms with van der Waals surface area (Å²) < 4.78 is 29.8.